The molecule has 4 aliphatic rings. The van der Waals surface area contributed by atoms with Crippen molar-refractivity contribution >= 4 is 33.1 Å². The van der Waals surface area contributed by atoms with Crippen molar-refractivity contribution in [2.24, 2.45) is 39.7 Å². The number of nitro groups is 1. The molecule has 0 spiro atoms. The summed E-state index contributed by atoms with van der Waals surface area (Å²) in [7, 11) is 0. The topological polar surface area (TPSA) is 81.8 Å². The summed E-state index contributed by atoms with van der Waals surface area (Å²) in [4.78, 5) is 28.9. The van der Waals surface area contributed by atoms with Crippen molar-refractivity contribution < 1.29 is 14.6 Å². The van der Waals surface area contributed by atoms with E-state index in [-0.39, 0.29) is 21.3 Å². The molecular formula is C25H31BrN2O4. The Balaban J connectivity index is 1.31. The third-order valence-electron chi connectivity index (χ3n) is 9.53. The summed E-state index contributed by atoms with van der Waals surface area (Å²) in [5.41, 5.74) is 1.26. The Morgan fingerprint density at radius 1 is 1.12 bits per heavy atom. The summed E-state index contributed by atoms with van der Waals surface area (Å²) < 4.78 is 0. The van der Waals surface area contributed by atoms with E-state index in [0.29, 0.717) is 35.2 Å². The second kappa shape index (κ2) is 7.93. The standard InChI is InChI=1S/C25H31BrN2O4/c1-24-12-11-20-18(19(24)9-10-23(24)29)8-3-15-13-22(21(26)14-25(15,20)2)27-32-17-6-4-16(5-7-17)28(30)31/h4-7,15,18-21H,3,8-14H2,1-2H3/b27-22+/t15-,18-,19-,20-,21+,24-,25-/m0/s1. The molecule has 172 valence electrons. The van der Waals surface area contributed by atoms with E-state index < -0.39 is 4.92 Å². The molecule has 0 unspecified atom stereocenters. The highest BCUT2D eigenvalue weighted by atomic mass is 79.9. The van der Waals surface area contributed by atoms with E-state index in [1.807, 2.05) is 0 Å². The number of benzene rings is 1. The smallest absolute Gasteiger partial charge is 0.269 e. The number of nitrogens with zero attached hydrogens (tertiary/aromatic N) is 2. The number of hydrogen-bond donors (Lipinski definition) is 0. The largest absolute Gasteiger partial charge is 0.357 e. The Hall–Kier alpha value is -1.76. The molecule has 4 fully saturated rings. The molecule has 7 atom stereocenters. The van der Waals surface area contributed by atoms with Crippen LogP contribution in [-0.2, 0) is 4.79 Å². The lowest BCUT2D eigenvalue weighted by atomic mass is 9.45. The number of nitro benzene ring substituents is 1. The van der Waals surface area contributed by atoms with Crippen LogP contribution in [0.5, 0.6) is 5.75 Å². The minimum atomic E-state index is -0.419. The van der Waals surface area contributed by atoms with Crippen LogP contribution in [-0.4, -0.2) is 21.2 Å². The van der Waals surface area contributed by atoms with Crippen molar-refractivity contribution in [1.29, 1.82) is 0 Å². The molecule has 1 aromatic carbocycles. The van der Waals surface area contributed by atoms with Gasteiger partial charge in [-0.05, 0) is 86.2 Å². The molecule has 6 nitrogen and oxygen atoms in total. The molecule has 0 aromatic heterocycles. The monoisotopic (exact) mass is 502 g/mol. The minimum absolute atomic E-state index is 0.0427. The zero-order chi connectivity index (χ0) is 22.7. The first-order chi connectivity index (χ1) is 15.2. The molecule has 0 radical (unpaired) electrons. The molecule has 1 aromatic rings. The van der Waals surface area contributed by atoms with Crippen LogP contribution in [0.3, 0.4) is 0 Å². The molecular weight excluding hydrogens is 472 g/mol. The van der Waals surface area contributed by atoms with Gasteiger partial charge in [0.25, 0.3) is 5.69 Å². The maximum absolute atomic E-state index is 12.6. The highest BCUT2D eigenvalue weighted by Crippen LogP contribution is 2.65. The van der Waals surface area contributed by atoms with Crippen LogP contribution in [0.25, 0.3) is 0 Å². The van der Waals surface area contributed by atoms with E-state index in [1.54, 1.807) is 12.1 Å². The number of hydrogen-bond acceptors (Lipinski definition) is 5. The molecule has 5 rings (SSSR count). The number of carbonyl (C=O) groups is 1. The van der Waals surface area contributed by atoms with E-state index in [4.69, 9.17) is 4.84 Å². The number of fused-ring (bicyclic) bond motifs is 5. The number of halogens is 1. The van der Waals surface area contributed by atoms with Gasteiger partial charge in [-0.3, -0.25) is 14.9 Å². The minimum Gasteiger partial charge on any atom is -0.357 e. The van der Waals surface area contributed by atoms with Gasteiger partial charge >= 0.3 is 0 Å². The molecule has 0 saturated heterocycles. The molecule has 32 heavy (non-hydrogen) atoms. The predicted octanol–water partition coefficient (Wildman–Crippen LogP) is 6.31. The van der Waals surface area contributed by atoms with E-state index in [0.717, 1.165) is 37.8 Å². The Bertz CT molecular complexity index is 963. The number of alkyl halides is 1. The van der Waals surface area contributed by atoms with Gasteiger partial charge < -0.3 is 4.84 Å². The van der Waals surface area contributed by atoms with E-state index in [2.05, 4.69) is 34.9 Å². The molecule has 0 N–H and O–H groups in total. The highest BCUT2D eigenvalue weighted by Gasteiger charge is 2.60. The molecule has 0 heterocycles. The maximum atomic E-state index is 12.6. The SMILES string of the molecule is C[C@]12C[C@@H](Br)/C(=N/Oc3ccc([N+](=O)[O-])cc3)C[C@@H]1CC[C@@H]1[C@@H]2CC[C@]2(C)C(=O)CC[C@@H]12. The fourth-order valence-electron chi connectivity index (χ4n) is 7.68. The highest BCUT2D eigenvalue weighted by molar-refractivity contribution is 9.10. The molecule has 7 heteroatoms. The van der Waals surface area contributed by atoms with Gasteiger partial charge in [0.2, 0.25) is 0 Å². The first-order valence-corrected chi connectivity index (χ1v) is 12.8. The van der Waals surface area contributed by atoms with Gasteiger partial charge in [-0.25, -0.2) is 0 Å². The molecule has 4 aliphatic carbocycles. The maximum Gasteiger partial charge on any atom is 0.269 e. The Kier molecular flexibility index (Phi) is 5.46. The van der Waals surface area contributed by atoms with Gasteiger partial charge in [-0.2, -0.15) is 0 Å². The predicted molar refractivity (Wildman–Crippen MR) is 126 cm³/mol. The van der Waals surface area contributed by atoms with Crippen molar-refractivity contribution in [3.63, 3.8) is 0 Å². The van der Waals surface area contributed by atoms with Crippen molar-refractivity contribution in [1.82, 2.24) is 0 Å². The summed E-state index contributed by atoms with van der Waals surface area (Å²) in [6, 6.07) is 6.05. The lowest BCUT2D eigenvalue weighted by molar-refractivity contribution is -0.384. The van der Waals surface area contributed by atoms with Gasteiger partial charge in [0, 0.05) is 24.0 Å². The fraction of sp³-hybridized carbons (Fsp3) is 0.680. The average molecular weight is 503 g/mol. The number of Topliss-reactive ketones (excluding diaryl/α,β-unsaturated/α-hetero) is 1. The summed E-state index contributed by atoms with van der Waals surface area (Å²) in [6.07, 6.45) is 8.46. The number of ketones is 1. The second-order valence-corrected chi connectivity index (χ2v) is 12.0. The van der Waals surface area contributed by atoms with Crippen LogP contribution in [0.4, 0.5) is 5.69 Å². The second-order valence-electron chi connectivity index (χ2n) is 10.9. The summed E-state index contributed by atoms with van der Waals surface area (Å²) in [5, 5.41) is 15.3. The van der Waals surface area contributed by atoms with Crippen molar-refractivity contribution in [3.8, 4) is 5.75 Å². The van der Waals surface area contributed by atoms with E-state index in [9.17, 15) is 14.9 Å². The number of non-ortho nitro benzene ring substituents is 1. The van der Waals surface area contributed by atoms with Crippen molar-refractivity contribution in [3.05, 3.63) is 34.4 Å². The Morgan fingerprint density at radius 2 is 1.88 bits per heavy atom. The van der Waals surface area contributed by atoms with Crippen molar-refractivity contribution in [2.45, 2.75) is 70.0 Å². The van der Waals surface area contributed by atoms with Gasteiger partial charge in [0.05, 0.1) is 15.5 Å². The third-order valence-corrected chi connectivity index (χ3v) is 10.4. The summed E-state index contributed by atoms with van der Waals surface area (Å²) in [6.45, 7) is 4.72. The Labute approximate surface area is 197 Å². The Morgan fingerprint density at radius 3 is 2.59 bits per heavy atom. The average Bonchev–Trinajstić information content (AvgIpc) is 3.07. The quantitative estimate of drug-likeness (QED) is 0.275. The van der Waals surface area contributed by atoms with Crippen LogP contribution in [0, 0.1) is 44.6 Å². The zero-order valence-corrected chi connectivity index (χ0v) is 20.3. The lowest BCUT2D eigenvalue weighted by Gasteiger charge is -2.60. The lowest BCUT2D eigenvalue weighted by Crippen LogP contribution is -2.55. The van der Waals surface area contributed by atoms with E-state index in [1.165, 1.54) is 31.4 Å². The zero-order valence-electron chi connectivity index (χ0n) is 18.8. The van der Waals surface area contributed by atoms with Crippen LogP contribution in [0.2, 0.25) is 0 Å². The van der Waals surface area contributed by atoms with Crippen molar-refractivity contribution in [2.75, 3.05) is 0 Å². The summed E-state index contributed by atoms with van der Waals surface area (Å²) >= 11 is 3.90. The third kappa shape index (κ3) is 3.42. The first kappa shape index (κ1) is 22.1. The molecule has 0 aliphatic heterocycles. The van der Waals surface area contributed by atoms with E-state index >= 15 is 0 Å². The normalized spacial score (nSPS) is 42.2. The van der Waals surface area contributed by atoms with Crippen LogP contribution in [0.15, 0.2) is 29.4 Å². The van der Waals surface area contributed by atoms with Gasteiger partial charge in [0.15, 0.2) is 5.75 Å². The number of carbonyl (C=O) groups excluding carboxylic acids is 1. The number of oxime groups is 1. The number of rotatable bonds is 3. The van der Waals surface area contributed by atoms with Gasteiger partial charge in [-0.1, -0.05) is 34.9 Å². The van der Waals surface area contributed by atoms with Crippen LogP contribution < -0.4 is 4.84 Å². The fourth-order valence-corrected chi connectivity index (χ4v) is 8.65. The van der Waals surface area contributed by atoms with Crippen LogP contribution >= 0.6 is 15.9 Å². The molecule has 0 bridgehead atoms. The first-order valence-electron chi connectivity index (χ1n) is 11.9. The summed E-state index contributed by atoms with van der Waals surface area (Å²) in [5.74, 6) is 3.53. The molecule has 4 saturated carbocycles. The molecule has 0 amide bonds. The van der Waals surface area contributed by atoms with Crippen LogP contribution in [0.1, 0.15) is 65.2 Å². The van der Waals surface area contributed by atoms with Gasteiger partial charge in [0.1, 0.15) is 5.78 Å². The van der Waals surface area contributed by atoms with Gasteiger partial charge in [-0.15, -0.1) is 0 Å².